The molecule has 0 spiro atoms. The van der Waals surface area contributed by atoms with Gasteiger partial charge in [0.05, 0.1) is 4.92 Å². The molecular weight excluding hydrogens is 294 g/mol. The van der Waals surface area contributed by atoms with Crippen LogP contribution in [0, 0.1) is 10.1 Å². The number of carbonyl (C=O) groups is 1. The lowest BCUT2D eigenvalue weighted by atomic mass is 10.1. The molecule has 1 heterocycles. The van der Waals surface area contributed by atoms with E-state index in [0.29, 0.717) is 16.4 Å². The number of nitro groups is 1. The van der Waals surface area contributed by atoms with Gasteiger partial charge in [0.25, 0.3) is 11.6 Å². The van der Waals surface area contributed by atoms with Crippen LogP contribution in [0.25, 0.3) is 0 Å². The first kappa shape index (κ1) is 13.4. The zero-order valence-corrected chi connectivity index (χ0v) is 11.4. The van der Waals surface area contributed by atoms with Crippen LogP contribution in [0.3, 0.4) is 0 Å². The van der Waals surface area contributed by atoms with Gasteiger partial charge in [-0.15, -0.1) is 0 Å². The number of hydrogen-bond donors (Lipinski definition) is 2. The summed E-state index contributed by atoms with van der Waals surface area (Å²) in [5.74, 6) is -0.223. The second-order valence-corrected chi connectivity index (χ2v) is 5.04. The Kier molecular flexibility index (Phi) is 3.23. The molecule has 0 aliphatic carbocycles. The van der Waals surface area contributed by atoms with E-state index in [-0.39, 0.29) is 11.6 Å². The Morgan fingerprint density at radius 3 is 2.81 bits per heavy atom. The Balaban J connectivity index is 1.92. The molecule has 0 fully saturated rings. The Morgan fingerprint density at radius 2 is 2.05 bits per heavy atom. The molecule has 0 saturated carbocycles. The monoisotopic (exact) mass is 303 g/mol. The highest BCUT2D eigenvalue weighted by Gasteiger charge is 2.30. The molecule has 0 radical (unpaired) electrons. The summed E-state index contributed by atoms with van der Waals surface area (Å²) in [6.07, 6.45) is 0. The van der Waals surface area contributed by atoms with Crippen molar-refractivity contribution in [3.05, 3.63) is 63.2 Å². The highest BCUT2D eigenvalue weighted by molar-refractivity contribution is 6.31. The van der Waals surface area contributed by atoms with E-state index < -0.39 is 11.0 Å². The molecule has 2 N–H and O–H groups in total. The molecule has 1 amide bonds. The van der Waals surface area contributed by atoms with Crippen molar-refractivity contribution in [2.75, 3.05) is 10.6 Å². The van der Waals surface area contributed by atoms with E-state index in [0.717, 1.165) is 5.56 Å². The van der Waals surface area contributed by atoms with Gasteiger partial charge in [0.15, 0.2) is 0 Å². The smallest absolute Gasteiger partial charge is 0.271 e. The van der Waals surface area contributed by atoms with Gasteiger partial charge in [-0.3, -0.25) is 14.9 Å². The minimum atomic E-state index is -0.624. The maximum atomic E-state index is 12.0. The summed E-state index contributed by atoms with van der Waals surface area (Å²) in [5, 5.41) is 17.0. The lowest BCUT2D eigenvalue weighted by molar-refractivity contribution is -0.384. The molecule has 2 aromatic carbocycles. The second kappa shape index (κ2) is 5.06. The van der Waals surface area contributed by atoms with Crippen LogP contribution in [-0.2, 0) is 4.79 Å². The van der Waals surface area contributed by atoms with E-state index in [1.165, 1.54) is 12.1 Å². The minimum Gasteiger partial charge on any atom is -0.370 e. The van der Waals surface area contributed by atoms with E-state index in [1.807, 2.05) is 0 Å². The van der Waals surface area contributed by atoms with Gasteiger partial charge in [-0.05, 0) is 24.3 Å². The number of anilines is 2. The fraction of sp³-hybridized carbons (Fsp3) is 0.0714. The predicted octanol–water partition coefficient (Wildman–Crippen LogP) is 3.35. The summed E-state index contributed by atoms with van der Waals surface area (Å²) in [6.45, 7) is 0. The largest absolute Gasteiger partial charge is 0.370 e. The summed E-state index contributed by atoms with van der Waals surface area (Å²) in [5.41, 5.74) is 1.87. The summed E-state index contributed by atoms with van der Waals surface area (Å²) in [6, 6.07) is 10.5. The van der Waals surface area contributed by atoms with Gasteiger partial charge >= 0.3 is 0 Å². The number of benzene rings is 2. The first-order valence-electron chi connectivity index (χ1n) is 6.16. The fourth-order valence-electron chi connectivity index (χ4n) is 2.25. The SMILES string of the molecule is O=C1Nc2ccc(Cl)cc2C1Nc1cccc([N+](=O)[O-])c1. The van der Waals surface area contributed by atoms with Gasteiger partial charge in [-0.1, -0.05) is 17.7 Å². The number of non-ortho nitro benzene ring substituents is 1. The third kappa shape index (κ3) is 2.53. The fourth-order valence-corrected chi connectivity index (χ4v) is 2.43. The van der Waals surface area contributed by atoms with Gasteiger partial charge in [-0.2, -0.15) is 0 Å². The molecule has 0 aromatic heterocycles. The highest BCUT2D eigenvalue weighted by Crippen LogP contribution is 2.35. The van der Waals surface area contributed by atoms with Crippen LogP contribution < -0.4 is 10.6 Å². The third-order valence-electron chi connectivity index (χ3n) is 3.21. The zero-order valence-electron chi connectivity index (χ0n) is 10.7. The lowest BCUT2D eigenvalue weighted by Crippen LogP contribution is -2.19. The molecule has 6 nitrogen and oxygen atoms in total. The molecule has 106 valence electrons. The van der Waals surface area contributed by atoms with Crippen molar-refractivity contribution in [1.29, 1.82) is 0 Å². The van der Waals surface area contributed by atoms with E-state index in [2.05, 4.69) is 10.6 Å². The van der Waals surface area contributed by atoms with Gasteiger partial charge in [0.2, 0.25) is 0 Å². The molecule has 7 heteroatoms. The van der Waals surface area contributed by atoms with Crippen molar-refractivity contribution in [2.45, 2.75) is 6.04 Å². The summed E-state index contributed by atoms with van der Waals surface area (Å²) < 4.78 is 0. The maximum Gasteiger partial charge on any atom is 0.271 e. The standard InChI is InChI=1S/C14H10ClN3O3/c15-8-4-5-12-11(6-8)13(14(19)17-12)16-9-2-1-3-10(7-9)18(20)21/h1-7,13,16H,(H,17,19). The van der Waals surface area contributed by atoms with Crippen LogP contribution in [0.5, 0.6) is 0 Å². The Labute approximate surface area is 124 Å². The number of nitro benzene ring substituents is 1. The summed E-state index contributed by atoms with van der Waals surface area (Å²) >= 11 is 5.95. The van der Waals surface area contributed by atoms with E-state index in [1.54, 1.807) is 30.3 Å². The molecule has 0 bridgehead atoms. The van der Waals surface area contributed by atoms with Crippen molar-refractivity contribution in [1.82, 2.24) is 0 Å². The van der Waals surface area contributed by atoms with E-state index >= 15 is 0 Å². The maximum absolute atomic E-state index is 12.0. The van der Waals surface area contributed by atoms with Gasteiger partial charge in [0.1, 0.15) is 6.04 Å². The summed E-state index contributed by atoms with van der Waals surface area (Å²) in [4.78, 5) is 22.3. The molecule has 1 aliphatic rings. The Hall–Kier alpha value is -2.60. The van der Waals surface area contributed by atoms with Crippen molar-refractivity contribution in [2.24, 2.45) is 0 Å². The van der Waals surface area contributed by atoms with Crippen LogP contribution in [0.2, 0.25) is 5.02 Å². The lowest BCUT2D eigenvalue weighted by Gasteiger charge is -2.13. The molecule has 1 atom stereocenters. The second-order valence-electron chi connectivity index (χ2n) is 4.61. The van der Waals surface area contributed by atoms with Crippen LogP contribution in [0.4, 0.5) is 17.1 Å². The van der Waals surface area contributed by atoms with Crippen LogP contribution >= 0.6 is 11.6 Å². The number of hydrogen-bond acceptors (Lipinski definition) is 4. The van der Waals surface area contributed by atoms with Crippen LogP contribution in [-0.4, -0.2) is 10.8 Å². The molecular formula is C14H10ClN3O3. The molecule has 3 rings (SSSR count). The molecule has 1 aliphatic heterocycles. The normalized spacial score (nSPS) is 16.2. The molecule has 1 unspecified atom stereocenters. The number of carbonyl (C=O) groups excluding carboxylic acids is 1. The van der Waals surface area contributed by atoms with Crippen LogP contribution in [0.15, 0.2) is 42.5 Å². The first-order valence-corrected chi connectivity index (χ1v) is 6.54. The van der Waals surface area contributed by atoms with Crippen molar-refractivity contribution >= 4 is 34.6 Å². The Bertz CT molecular complexity index is 748. The number of nitrogens with zero attached hydrogens (tertiary/aromatic N) is 1. The average Bonchev–Trinajstić information content (AvgIpc) is 2.75. The number of halogens is 1. The number of fused-ring (bicyclic) bond motifs is 1. The van der Waals surface area contributed by atoms with E-state index in [4.69, 9.17) is 11.6 Å². The van der Waals surface area contributed by atoms with Gasteiger partial charge in [-0.25, -0.2) is 0 Å². The predicted molar refractivity (Wildman–Crippen MR) is 79.5 cm³/mol. The molecule has 21 heavy (non-hydrogen) atoms. The summed E-state index contributed by atoms with van der Waals surface area (Å²) in [7, 11) is 0. The Morgan fingerprint density at radius 1 is 1.24 bits per heavy atom. The topological polar surface area (TPSA) is 84.3 Å². The van der Waals surface area contributed by atoms with Crippen molar-refractivity contribution < 1.29 is 9.72 Å². The van der Waals surface area contributed by atoms with Crippen LogP contribution in [0.1, 0.15) is 11.6 Å². The number of amides is 1. The quantitative estimate of drug-likeness (QED) is 0.672. The molecule has 0 saturated heterocycles. The van der Waals surface area contributed by atoms with Gasteiger partial charge in [0, 0.05) is 34.1 Å². The minimum absolute atomic E-state index is 0.0373. The van der Waals surface area contributed by atoms with E-state index in [9.17, 15) is 14.9 Å². The molecule has 2 aromatic rings. The zero-order chi connectivity index (χ0) is 15.0. The highest BCUT2D eigenvalue weighted by atomic mass is 35.5. The van der Waals surface area contributed by atoms with Crippen molar-refractivity contribution in [3.63, 3.8) is 0 Å². The van der Waals surface area contributed by atoms with Gasteiger partial charge < -0.3 is 10.6 Å². The first-order chi connectivity index (χ1) is 10.0. The average molecular weight is 304 g/mol. The van der Waals surface area contributed by atoms with Crippen molar-refractivity contribution in [3.8, 4) is 0 Å². The number of rotatable bonds is 3. The third-order valence-corrected chi connectivity index (χ3v) is 3.45. The number of nitrogens with one attached hydrogen (secondary N) is 2.